The first-order chi connectivity index (χ1) is 12.7. The maximum absolute atomic E-state index is 13.2. The van der Waals surface area contributed by atoms with Crippen molar-refractivity contribution in [3.63, 3.8) is 0 Å². The number of hydrogen-bond donors (Lipinski definition) is 1. The molecule has 0 radical (unpaired) electrons. The summed E-state index contributed by atoms with van der Waals surface area (Å²) in [5, 5.41) is 2.81. The maximum atomic E-state index is 13.2. The summed E-state index contributed by atoms with van der Waals surface area (Å²) in [7, 11) is -3.85. The van der Waals surface area contributed by atoms with E-state index >= 15 is 0 Å². The van der Waals surface area contributed by atoms with Gasteiger partial charge in [-0.3, -0.25) is 9.10 Å². The number of aryl methyl sites for hydroxylation is 2. The van der Waals surface area contributed by atoms with Crippen LogP contribution in [0, 0.1) is 19.8 Å². The predicted octanol–water partition coefficient (Wildman–Crippen LogP) is 3.66. The Labute approximate surface area is 162 Å². The Morgan fingerprint density at radius 2 is 1.48 bits per heavy atom. The average molecular weight is 389 g/mol. The molecule has 0 aliphatic heterocycles. The summed E-state index contributed by atoms with van der Waals surface area (Å²) in [4.78, 5) is 12.6. The second kappa shape index (κ2) is 9.04. The van der Waals surface area contributed by atoms with Gasteiger partial charge in [-0.2, -0.15) is 0 Å². The Hall–Kier alpha value is -2.34. The number of amides is 1. The number of carbonyl (C=O) groups is 1. The molecule has 1 N–H and O–H groups in total. The Kier molecular flexibility index (Phi) is 7.02. The van der Waals surface area contributed by atoms with Crippen molar-refractivity contribution >= 4 is 21.6 Å². The topological polar surface area (TPSA) is 66.5 Å². The summed E-state index contributed by atoms with van der Waals surface area (Å²) in [5.74, 6) is 0.154. The van der Waals surface area contributed by atoms with Gasteiger partial charge in [-0.05, 0) is 50.5 Å². The molecular weight excluding hydrogens is 360 g/mol. The van der Waals surface area contributed by atoms with E-state index in [9.17, 15) is 13.2 Å². The van der Waals surface area contributed by atoms with Gasteiger partial charge < -0.3 is 5.32 Å². The van der Waals surface area contributed by atoms with Crippen molar-refractivity contribution in [3.05, 3.63) is 59.7 Å². The molecule has 2 aromatic rings. The first-order valence-electron chi connectivity index (χ1n) is 9.13. The van der Waals surface area contributed by atoms with E-state index < -0.39 is 10.0 Å². The number of anilines is 1. The van der Waals surface area contributed by atoms with Crippen molar-refractivity contribution in [2.24, 2.45) is 5.92 Å². The molecule has 6 heteroatoms. The van der Waals surface area contributed by atoms with Crippen LogP contribution in [-0.2, 0) is 14.8 Å². The van der Waals surface area contributed by atoms with Crippen LogP contribution in [0.5, 0.6) is 0 Å². The lowest BCUT2D eigenvalue weighted by Crippen LogP contribution is -2.41. The van der Waals surface area contributed by atoms with Crippen molar-refractivity contribution in [1.29, 1.82) is 0 Å². The second-order valence-electron chi connectivity index (χ2n) is 7.19. The number of hydrogen-bond acceptors (Lipinski definition) is 3. The van der Waals surface area contributed by atoms with E-state index in [1.54, 1.807) is 36.4 Å². The summed E-state index contributed by atoms with van der Waals surface area (Å²) in [5.41, 5.74) is 2.47. The van der Waals surface area contributed by atoms with Gasteiger partial charge in [-0.1, -0.05) is 49.2 Å². The Bertz CT molecular complexity index is 857. The van der Waals surface area contributed by atoms with Crippen LogP contribution in [0.2, 0.25) is 0 Å². The molecule has 0 aromatic heterocycles. The minimum atomic E-state index is -3.85. The van der Waals surface area contributed by atoms with E-state index in [-0.39, 0.29) is 17.3 Å². The molecule has 0 unspecified atom stereocenters. The van der Waals surface area contributed by atoms with Crippen molar-refractivity contribution < 1.29 is 13.2 Å². The molecule has 2 rings (SSSR count). The monoisotopic (exact) mass is 388 g/mol. The molecule has 0 atom stereocenters. The first-order valence-corrected chi connectivity index (χ1v) is 10.6. The predicted molar refractivity (Wildman–Crippen MR) is 109 cm³/mol. The third-order valence-electron chi connectivity index (χ3n) is 4.26. The van der Waals surface area contributed by atoms with Crippen LogP contribution in [-0.4, -0.2) is 27.4 Å². The molecule has 0 aliphatic rings. The zero-order valence-corrected chi connectivity index (χ0v) is 17.2. The molecule has 0 bridgehead atoms. The number of nitrogens with one attached hydrogen (secondary N) is 1. The van der Waals surface area contributed by atoms with Gasteiger partial charge in [0.25, 0.3) is 10.0 Å². The molecule has 0 heterocycles. The van der Waals surface area contributed by atoms with Crippen LogP contribution in [0.3, 0.4) is 0 Å². The van der Waals surface area contributed by atoms with E-state index in [0.29, 0.717) is 18.2 Å². The minimum absolute atomic E-state index is 0.170. The summed E-state index contributed by atoms with van der Waals surface area (Å²) in [6, 6.07) is 13.8. The number of rotatable bonds is 8. The fourth-order valence-corrected chi connectivity index (χ4v) is 3.97. The van der Waals surface area contributed by atoms with Crippen LogP contribution >= 0.6 is 0 Å². The average Bonchev–Trinajstić information content (AvgIpc) is 2.60. The Balaban J connectivity index is 2.30. The standard InChI is InChI=1S/C21H28N2O3S/c1-16(2)13-14-22-21(24)15-23(19-9-5-17(3)6-10-19)27(25,26)20-11-7-18(4)8-12-20/h5-12,16H,13-15H2,1-4H3,(H,22,24). The van der Waals surface area contributed by atoms with E-state index in [4.69, 9.17) is 0 Å². The zero-order chi connectivity index (χ0) is 20.0. The number of carbonyl (C=O) groups excluding carboxylic acids is 1. The largest absolute Gasteiger partial charge is 0.355 e. The van der Waals surface area contributed by atoms with E-state index in [2.05, 4.69) is 19.2 Å². The van der Waals surface area contributed by atoms with Crippen LogP contribution in [0.1, 0.15) is 31.4 Å². The molecule has 0 aliphatic carbocycles. The van der Waals surface area contributed by atoms with Crippen molar-refractivity contribution in [2.75, 3.05) is 17.4 Å². The van der Waals surface area contributed by atoms with Crippen LogP contribution in [0.25, 0.3) is 0 Å². The summed E-state index contributed by atoms with van der Waals surface area (Å²) in [6.07, 6.45) is 0.848. The highest BCUT2D eigenvalue weighted by Gasteiger charge is 2.27. The highest BCUT2D eigenvalue weighted by molar-refractivity contribution is 7.92. The van der Waals surface area contributed by atoms with E-state index in [1.165, 1.54) is 4.31 Å². The third kappa shape index (κ3) is 5.82. The molecule has 2 aromatic carbocycles. The fraction of sp³-hybridized carbons (Fsp3) is 0.381. The smallest absolute Gasteiger partial charge is 0.264 e. The van der Waals surface area contributed by atoms with E-state index in [0.717, 1.165) is 17.5 Å². The number of nitrogens with zero attached hydrogens (tertiary/aromatic N) is 1. The summed E-state index contributed by atoms with van der Waals surface area (Å²) in [6.45, 7) is 8.26. The van der Waals surface area contributed by atoms with E-state index in [1.807, 2.05) is 26.0 Å². The van der Waals surface area contributed by atoms with Gasteiger partial charge in [-0.25, -0.2) is 8.42 Å². The molecular formula is C21H28N2O3S. The van der Waals surface area contributed by atoms with Gasteiger partial charge in [-0.15, -0.1) is 0 Å². The Morgan fingerprint density at radius 1 is 0.963 bits per heavy atom. The van der Waals surface area contributed by atoms with Crippen LogP contribution in [0.15, 0.2) is 53.4 Å². The van der Waals surface area contributed by atoms with Gasteiger partial charge in [0.15, 0.2) is 0 Å². The normalized spacial score (nSPS) is 11.4. The van der Waals surface area contributed by atoms with Crippen LogP contribution < -0.4 is 9.62 Å². The summed E-state index contributed by atoms with van der Waals surface area (Å²) < 4.78 is 27.6. The van der Waals surface area contributed by atoms with Crippen LogP contribution in [0.4, 0.5) is 5.69 Å². The zero-order valence-electron chi connectivity index (χ0n) is 16.4. The highest BCUT2D eigenvalue weighted by Crippen LogP contribution is 2.24. The molecule has 0 spiro atoms. The maximum Gasteiger partial charge on any atom is 0.264 e. The quantitative estimate of drug-likeness (QED) is 0.750. The fourth-order valence-electron chi connectivity index (χ4n) is 2.55. The molecule has 27 heavy (non-hydrogen) atoms. The minimum Gasteiger partial charge on any atom is -0.355 e. The molecule has 5 nitrogen and oxygen atoms in total. The lowest BCUT2D eigenvalue weighted by Gasteiger charge is -2.24. The van der Waals surface area contributed by atoms with Gasteiger partial charge in [0.2, 0.25) is 5.91 Å². The van der Waals surface area contributed by atoms with Gasteiger partial charge in [0, 0.05) is 6.54 Å². The van der Waals surface area contributed by atoms with Crippen molar-refractivity contribution in [1.82, 2.24) is 5.32 Å². The lowest BCUT2D eigenvalue weighted by molar-refractivity contribution is -0.119. The third-order valence-corrected chi connectivity index (χ3v) is 6.05. The first kappa shape index (κ1) is 21.0. The number of benzene rings is 2. The molecule has 0 saturated heterocycles. The second-order valence-corrected chi connectivity index (χ2v) is 9.06. The lowest BCUT2D eigenvalue weighted by atomic mass is 10.1. The Morgan fingerprint density at radius 3 is 2.00 bits per heavy atom. The van der Waals surface area contributed by atoms with Crippen molar-refractivity contribution in [3.8, 4) is 0 Å². The molecule has 146 valence electrons. The molecule has 1 amide bonds. The SMILES string of the molecule is Cc1ccc(N(CC(=O)NCCC(C)C)S(=O)(=O)c2ccc(C)cc2)cc1. The van der Waals surface area contributed by atoms with Gasteiger partial charge in [0.1, 0.15) is 6.54 Å². The molecule has 0 saturated carbocycles. The number of sulfonamides is 1. The van der Waals surface area contributed by atoms with Gasteiger partial charge in [0.05, 0.1) is 10.6 Å². The van der Waals surface area contributed by atoms with Gasteiger partial charge >= 0.3 is 0 Å². The highest BCUT2D eigenvalue weighted by atomic mass is 32.2. The van der Waals surface area contributed by atoms with Crippen molar-refractivity contribution in [2.45, 2.75) is 39.0 Å². The molecule has 0 fully saturated rings. The summed E-state index contributed by atoms with van der Waals surface area (Å²) >= 11 is 0.